The van der Waals surface area contributed by atoms with Gasteiger partial charge in [-0.15, -0.1) is 0 Å². The third-order valence-electron chi connectivity index (χ3n) is 1.87. The standard InChI is InChI=1S/C8H5F3N2S/c9-4-1-3-5(2-12)13-14-8(3)7(11)6(4)10/h1H,2,12H2. The van der Waals surface area contributed by atoms with Crippen molar-refractivity contribution in [3.8, 4) is 0 Å². The molecule has 2 aromatic rings. The van der Waals surface area contributed by atoms with Crippen LogP contribution in [0.25, 0.3) is 10.1 Å². The van der Waals surface area contributed by atoms with E-state index < -0.39 is 17.5 Å². The van der Waals surface area contributed by atoms with Crippen LogP contribution in [0.4, 0.5) is 13.2 Å². The third kappa shape index (κ3) is 1.18. The molecule has 2 rings (SSSR count). The van der Waals surface area contributed by atoms with Crippen LogP contribution in [0.2, 0.25) is 0 Å². The summed E-state index contributed by atoms with van der Waals surface area (Å²) >= 11 is 0.776. The van der Waals surface area contributed by atoms with Crippen molar-refractivity contribution < 1.29 is 13.2 Å². The van der Waals surface area contributed by atoms with Crippen molar-refractivity contribution in [2.45, 2.75) is 6.54 Å². The van der Waals surface area contributed by atoms with Gasteiger partial charge in [-0.2, -0.15) is 4.37 Å². The topological polar surface area (TPSA) is 38.9 Å². The quantitative estimate of drug-likeness (QED) is 0.745. The van der Waals surface area contributed by atoms with Crippen molar-refractivity contribution in [1.29, 1.82) is 0 Å². The minimum absolute atomic E-state index is 0.00403. The smallest absolute Gasteiger partial charge is 0.195 e. The van der Waals surface area contributed by atoms with E-state index >= 15 is 0 Å². The van der Waals surface area contributed by atoms with E-state index in [0.29, 0.717) is 5.69 Å². The van der Waals surface area contributed by atoms with Gasteiger partial charge in [-0.3, -0.25) is 0 Å². The summed E-state index contributed by atoms with van der Waals surface area (Å²) in [6, 6.07) is 0.916. The largest absolute Gasteiger partial charge is 0.325 e. The molecule has 1 heterocycles. The lowest BCUT2D eigenvalue weighted by atomic mass is 10.2. The zero-order valence-corrected chi connectivity index (χ0v) is 7.67. The number of nitrogens with two attached hydrogens (primary N) is 1. The maximum absolute atomic E-state index is 13.1. The first-order chi connectivity index (χ1) is 6.65. The highest BCUT2D eigenvalue weighted by atomic mass is 32.1. The average molecular weight is 218 g/mol. The molecule has 0 bridgehead atoms. The van der Waals surface area contributed by atoms with Gasteiger partial charge in [-0.05, 0) is 17.6 Å². The lowest BCUT2D eigenvalue weighted by Gasteiger charge is -1.97. The Bertz CT molecular complexity index is 495. The van der Waals surface area contributed by atoms with Crippen LogP contribution in [-0.4, -0.2) is 4.37 Å². The second-order valence-electron chi connectivity index (χ2n) is 2.70. The maximum atomic E-state index is 13.1. The molecule has 0 saturated heterocycles. The van der Waals surface area contributed by atoms with Crippen LogP contribution < -0.4 is 5.73 Å². The van der Waals surface area contributed by atoms with Gasteiger partial charge in [0.25, 0.3) is 0 Å². The molecule has 74 valence electrons. The zero-order valence-electron chi connectivity index (χ0n) is 6.85. The Morgan fingerprint density at radius 2 is 2.00 bits per heavy atom. The monoisotopic (exact) mass is 218 g/mol. The van der Waals surface area contributed by atoms with Gasteiger partial charge in [0.2, 0.25) is 0 Å². The SMILES string of the molecule is NCc1nsc2c(F)c(F)c(F)cc12. The third-order valence-corrected chi connectivity index (χ3v) is 2.76. The Morgan fingerprint density at radius 3 is 2.64 bits per heavy atom. The fourth-order valence-corrected chi connectivity index (χ4v) is 2.00. The number of halogens is 3. The predicted molar refractivity (Wildman–Crippen MR) is 47.4 cm³/mol. The first-order valence-corrected chi connectivity index (χ1v) is 4.54. The second-order valence-corrected chi connectivity index (χ2v) is 3.47. The maximum Gasteiger partial charge on any atom is 0.195 e. The summed E-state index contributed by atoms with van der Waals surface area (Å²) < 4.78 is 42.5. The molecule has 1 aromatic heterocycles. The number of nitrogens with zero attached hydrogens (tertiary/aromatic N) is 1. The Kier molecular flexibility index (Phi) is 2.16. The van der Waals surface area contributed by atoms with E-state index in [1.54, 1.807) is 0 Å². The molecule has 0 atom stereocenters. The predicted octanol–water partition coefficient (Wildman–Crippen LogP) is 2.17. The van der Waals surface area contributed by atoms with Gasteiger partial charge in [-0.1, -0.05) is 0 Å². The molecular formula is C8H5F3N2S. The number of hydrogen-bond acceptors (Lipinski definition) is 3. The van der Waals surface area contributed by atoms with E-state index in [1.807, 2.05) is 0 Å². The Labute approximate surface area is 81.3 Å². The average Bonchev–Trinajstić information content (AvgIpc) is 2.57. The van der Waals surface area contributed by atoms with E-state index in [2.05, 4.69) is 4.37 Å². The molecule has 0 aliphatic heterocycles. The fraction of sp³-hybridized carbons (Fsp3) is 0.125. The van der Waals surface area contributed by atoms with Gasteiger partial charge >= 0.3 is 0 Å². The molecule has 2 nitrogen and oxygen atoms in total. The Morgan fingerprint density at radius 1 is 1.29 bits per heavy atom. The van der Waals surface area contributed by atoms with E-state index in [9.17, 15) is 13.2 Å². The number of hydrogen-bond donors (Lipinski definition) is 1. The molecule has 1 aromatic carbocycles. The van der Waals surface area contributed by atoms with Gasteiger partial charge in [0, 0.05) is 11.9 Å². The van der Waals surface area contributed by atoms with Crippen LogP contribution in [0.3, 0.4) is 0 Å². The molecule has 0 radical (unpaired) electrons. The highest BCUT2D eigenvalue weighted by Crippen LogP contribution is 2.28. The first-order valence-electron chi connectivity index (χ1n) is 3.77. The molecule has 14 heavy (non-hydrogen) atoms. The lowest BCUT2D eigenvalue weighted by Crippen LogP contribution is -1.97. The van der Waals surface area contributed by atoms with Crippen LogP contribution in [0, 0.1) is 17.5 Å². The van der Waals surface area contributed by atoms with Crippen molar-refractivity contribution in [1.82, 2.24) is 4.37 Å². The number of rotatable bonds is 1. The van der Waals surface area contributed by atoms with Crippen molar-refractivity contribution in [3.63, 3.8) is 0 Å². The van der Waals surface area contributed by atoms with Crippen molar-refractivity contribution in [2.75, 3.05) is 0 Å². The van der Waals surface area contributed by atoms with Gasteiger partial charge in [0.1, 0.15) is 0 Å². The van der Waals surface area contributed by atoms with Crippen LogP contribution >= 0.6 is 11.5 Å². The Balaban J connectivity index is 2.86. The summed E-state index contributed by atoms with van der Waals surface area (Å²) in [4.78, 5) is 0. The van der Waals surface area contributed by atoms with E-state index in [0.717, 1.165) is 17.6 Å². The van der Waals surface area contributed by atoms with Crippen LogP contribution in [0.1, 0.15) is 5.69 Å². The van der Waals surface area contributed by atoms with E-state index in [1.165, 1.54) is 0 Å². The highest BCUT2D eigenvalue weighted by Gasteiger charge is 2.17. The van der Waals surface area contributed by atoms with Gasteiger partial charge < -0.3 is 5.73 Å². The van der Waals surface area contributed by atoms with Crippen LogP contribution in [0.5, 0.6) is 0 Å². The minimum atomic E-state index is -1.47. The number of fused-ring (bicyclic) bond motifs is 1. The van der Waals surface area contributed by atoms with Gasteiger partial charge in [-0.25, -0.2) is 13.2 Å². The molecular weight excluding hydrogens is 213 g/mol. The molecule has 0 aliphatic carbocycles. The van der Waals surface area contributed by atoms with Crippen LogP contribution in [0.15, 0.2) is 6.07 Å². The van der Waals surface area contributed by atoms with Crippen molar-refractivity contribution in [3.05, 3.63) is 29.2 Å². The molecule has 0 aliphatic rings. The normalized spacial score (nSPS) is 11.1. The van der Waals surface area contributed by atoms with E-state index in [4.69, 9.17) is 5.73 Å². The number of aromatic nitrogens is 1. The fourth-order valence-electron chi connectivity index (χ4n) is 1.18. The number of benzene rings is 1. The Hall–Kier alpha value is -1.14. The van der Waals surface area contributed by atoms with E-state index in [-0.39, 0.29) is 16.6 Å². The summed E-state index contributed by atoms with van der Waals surface area (Å²) in [5.41, 5.74) is 5.68. The van der Waals surface area contributed by atoms with Crippen molar-refractivity contribution >= 4 is 21.6 Å². The highest BCUT2D eigenvalue weighted by molar-refractivity contribution is 7.13. The van der Waals surface area contributed by atoms with Gasteiger partial charge in [0.05, 0.1) is 10.4 Å². The van der Waals surface area contributed by atoms with Gasteiger partial charge in [0.15, 0.2) is 17.5 Å². The molecule has 0 saturated carbocycles. The first kappa shape index (κ1) is 9.42. The molecule has 0 spiro atoms. The molecule has 0 unspecified atom stereocenters. The second kappa shape index (κ2) is 3.21. The lowest BCUT2D eigenvalue weighted by molar-refractivity contribution is 0.454. The minimum Gasteiger partial charge on any atom is -0.325 e. The summed E-state index contributed by atoms with van der Waals surface area (Å²) in [6.45, 7) is 0.0739. The summed E-state index contributed by atoms with van der Waals surface area (Å²) in [6.07, 6.45) is 0. The zero-order chi connectivity index (χ0) is 10.3. The van der Waals surface area contributed by atoms with Crippen LogP contribution in [-0.2, 0) is 6.54 Å². The molecule has 2 N–H and O–H groups in total. The summed E-state index contributed by atoms with van der Waals surface area (Å²) in [5, 5.41) is 0.244. The van der Waals surface area contributed by atoms with Crippen molar-refractivity contribution in [2.24, 2.45) is 5.73 Å². The molecule has 0 fully saturated rings. The molecule has 6 heteroatoms. The summed E-state index contributed by atoms with van der Waals surface area (Å²) in [5.74, 6) is -3.88. The summed E-state index contributed by atoms with van der Waals surface area (Å²) in [7, 11) is 0. The molecule has 0 amide bonds.